The molecule has 0 aliphatic carbocycles. The number of ether oxygens (including phenoxy) is 1. The van der Waals surface area contributed by atoms with Crippen LogP contribution in [0.25, 0.3) is 11.0 Å². The van der Waals surface area contributed by atoms with E-state index in [2.05, 4.69) is 19.9 Å². The number of nitrogen functional groups attached to an aromatic ring is 1. The number of aromatic nitrogens is 3. The molecule has 2 rings (SSSR count). The number of imidazole rings is 1. The Morgan fingerprint density at radius 1 is 1.32 bits per heavy atom. The summed E-state index contributed by atoms with van der Waals surface area (Å²) in [5, 5.41) is 11.9. The normalized spacial score (nSPS) is 11.2. The third-order valence-electron chi connectivity index (χ3n) is 4.78. The van der Waals surface area contributed by atoms with Crippen molar-refractivity contribution in [2.24, 2.45) is 0 Å². The largest absolute Gasteiger partial charge is 0.395 e. The molecule has 0 saturated carbocycles. The van der Waals surface area contributed by atoms with Gasteiger partial charge in [-0.3, -0.25) is 0 Å². The van der Waals surface area contributed by atoms with Crippen LogP contribution in [0.1, 0.15) is 37.4 Å². The molecule has 2 heterocycles. The van der Waals surface area contributed by atoms with E-state index in [0.29, 0.717) is 50.7 Å². The van der Waals surface area contributed by atoms with Crippen LogP contribution >= 0.6 is 0 Å². The first-order valence-corrected chi connectivity index (χ1v) is 9.77. The van der Waals surface area contributed by atoms with Gasteiger partial charge in [0.05, 0.1) is 12.1 Å². The van der Waals surface area contributed by atoms with Crippen LogP contribution in [0.4, 0.5) is 10.6 Å². The van der Waals surface area contributed by atoms with Gasteiger partial charge in [-0.1, -0.05) is 0 Å². The fraction of sp³-hybridized carbons (Fsp3) is 0.632. The topological polar surface area (TPSA) is 119 Å². The summed E-state index contributed by atoms with van der Waals surface area (Å²) in [6.45, 7) is 10.8. The van der Waals surface area contributed by atoms with Crippen LogP contribution in [0.15, 0.2) is 0 Å². The van der Waals surface area contributed by atoms with E-state index in [9.17, 15) is 4.79 Å². The van der Waals surface area contributed by atoms with Crippen molar-refractivity contribution in [1.29, 1.82) is 0 Å². The first-order chi connectivity index (χ1) is 13.4. The molecule has 0 bridgehead atoms. The zero-order valence-corrected chi connectivity index (χ0v) is 17.3. The van der Waals surface area contributed by atoms with Gasteiger partial charge in [-0.15, -0.1) is 0 Å². The fourth-order valence-corrected chi connectivity index (χ4v) is 3.16. The van der Waals surface area contributed by atoms with Crippen molar-refractivity contribution in [2.45, 2.75) is 47.3 Å². The summed E-state index contributed by atoms with van der Waals surface area (Å²) in [4.78, 5) is 22.7. The molecule has 0 saturated heterocycles. The van der Waals surface area contributed by atoms with Crippen LogP contribution in [0.3, 0.4) is 0 Å². The summed E-state index contributed by atoms with van der Waals surface area (Å²) in [6, 6.07) is -0.165. The van der Waals surface area contributed by atoms with E-state index in [-0.39, 0.29) is 12.6 Å². The average molecular weight is 393 g/mol. The zero-order valence-electron chi connectivity index (χ0n) is 17.3. The lowest BCUT2D eigenvalue weighted by atomic mass is 10.2. The number of anilines is 1. The molecule has 28 heavy (non-hydrogen) atoms. The molecule has 0 radical (unpaired) electrons. The molecule has 2 aromatic rings. The lowest BCUT2D eigenvalue weighted by molar-refractivity contribution is 0.126. The van der Waals surface area contributed by atoms with Crippen LogP contribution in [-0.2, 0) is 17.9 Å². The van der Waals surface area contributed by atoms with Gasteiger partial charge < -0.3 is 30.4 Å². The second-order valence-electron chi connectivity index (χ2n) is 6.61. The molecule has 9 nitrogen and oxygen atoms in total. The highest BCUT2D eigenvalue weighted by Crippen LogP contribution is 2.26. The summed E-state index contributed by atoms with van der Waals surface area (Å²) in [6.07, 6.45) is 0.730. The Kier molecular flexibility index (Phi) is 8.01. The Bertz CT molecular complexity index is 805. The van der Waals surface area contributed by atoms with E-state index in [4.69, 9.17) is 15.6 Å². The van der Waals surface area contributed by atoms with Crippen LogP contribution in [0, 0.1) is 13.8 Å². The molecule has 9 heteroatoms. The van der Waals surface area contributed by atoms with Crippen LogP contribution in [0.2, 0.25) is 0 Å². The van der Waals surface area contributed by atoms with Gasteiger partial charge in [-0.05, 0) is 39.7 Å². The first kappa shape index (κ1) is 21.9. The maximum atomic E-state index is 12.1. The molecule has 0 fully saturated rings. The maximum absolute atomic E-state index is 12.1. The molecule has 2 amide bonds. The van der Waals surface area contributed by atoms with Gasteiger partial charge in [0.15, 0.2) is 5.82 Å². The van der Waals surface area contributed by atoms with Crippen molar-refractivity contribution in [3.05, 3.63) is 17.1 Å². The standard InChI is InChI=1S/C19H32N6O3/c1-5-24(10-11-26)19(27)21-8-7-9-25-15(12-28-6-2)23-16-17(25)13(3)14(4)22-18(16)20/h26H,5-12H2,1-4H3,(H2,20,22)(H,21,27). The van der Waals surface area contributed by atoms with Gasteiger partial charge in [-0.25, -0.2) is 14.8 Å². The number of fused-ring (bicyclic) bond motifs is 1. The smallest absolute Gasteiger partial charge is 0.317 e. The molecule has 2 aromatic heterocycles. The molecule has 4 N–H and O–H groups in total. The predicted octanol–water partition coefficient (Wildman–Crippen LogP) is 1.58. The molecule has 0 atom stereocenters. The Balaban J connectivity index is 2.15. The Morgan fingerprint density at radius 2 is 2.07 bits per heavy atom. The number of hydrogen-bond donors (Lipinski definition) is 3. The molecule has 0 unspecified atom stereocenters. The third kappa shape index (κ3) is 4.90. The van der Waals surface area contributed by atoms with Crippen molar-refractivity contribution >= 4 is 22.9 Å². The number of aliphatic hydroxyl groups excluding tert-OH is 1. The first-order valence-electron chi connectivity index (χ1n) is 9.77. The summed E-state index contributed by atoms with van der Waals surface area (Å²) < 4.78 is 7.69. The highest BCUT2D eigenvalue weighted by Gasteiger charge is 2.17. The van der Waals surface area contributed by atoms with Crippen molar-refractivity contribution in [1.82, 2.24) is 24.8 Å². The summed E-state index contributed by atoms with van der Waals surface area (Å²) in [5.74, 6) is 1.23. The van der Waals surface area contributed by atoms with Crippen molar-refractivity contribution in [3.63, 3.8) is 0 Å². The predicted molar refractivity (Wildman–Crippen MR) is 109 cm³/mol. The molecule has 0 aliphatic rings. The van der Waals surface area contributed by atoms with E-state index in [0.717, 1.165) is 29.0 Å². The molecule has 156 valence electrons. The SMILES string of the molecule is CCOCc1nc2c(N)nc(C)c(C)c2n1CCCNC(=O)N(CC)CCO. The van der Waals surface area contributed by atoms with Gasteiger partial charge >= 0.3 is 6.03 Å². The molecule has 0 spiro atoms. The number of nitrogens with zero attached hydrogens (tertiary/aromatic N) is 4. The third-order valence-corrected chi connectivity index (χ3v) is 4.78. The maximum Gasteiger partial charge on any atom is 0.317 e. The Morgan fingerprint density at radius 3 is 2.71 bits per heavy atom. The monoisotopic (exact) mass is 392 g/mol. The number of carbonyl (C=O) groups excluding carboxylic acids is 1. The minimum Gasteiger partial charge on any atom is -0.395 e. The summed E-state index contributed by atoms with van der Waals surface area (Å²) >= 11 is 0. The number of aryl methyl sites for hydroxylation is 3. The number of urea groups is 1. The average Bonchev–Trinajstić information content (AvgIpc) is 3.04. The van der Waals surface area contributed by atoms with E-state index in [1.807, 2.05) is 27.7 Å². The minimum absolute atomic E-state index is 0.0445. The number of likely N-dealkylation sites (N-methyl/N-ethyl adjacent to an activating group) is 1. The molecular weight excluding hydrogens is 360 g/mol. The van der Waals surface area contributed by atoms with Gasteiger partial charge in [0.1, 0.15) is 17.9 Å². The molecule has 0 aliphatic heterocycles. The number of aliphatic hydroxyl groups is 1. The van der Waals surface area contributed by atoms with Crippen molar-refractivity contribution in [2.75, 3.05) is 38.6 Å². The number of nitrogens with two attached hydrogens (primary N) is 1. The van der Waals surface area contributed by atoms with E-state index in [1.165, 1.54) is 0 Å². The Labute approximate surface area is 165 Å². The highest BCUT2D eigenvalue weighted by atomic mass is 16.5. The Hall–Kier alpha value is -2.39. The number of nitrogens with one attached hydrogen (secondary N) is 1. The molecular formula is C19H32N6O3. The second-order valence-corrected chi connectivity index (χ2v) is 6.61. The van der Waals surface area contributed by atoms with Crippen molar-refractivity contribution in [3.8, 4) is 0 Å². The van der Waals surface area contributed by atoms with Crippen LogP contribution in [-0.4, -0.2) is 63.4 Å². The second kappa shape index (κ2) is 10.2. The van der Waals surface area contributed by atoms with Gasteiger partial charge in [-0.2, -0.15) is 0 Å². The number of carbonyl (C=O) groups is 1. The zero-order chi connectivity index (χ0) is 20.7. The fourth-order valence-electron chi connectivity index (χ4n) is 3.16. The lowest BCUT2D eigenvalue weighted by Crippen LogP contribution is -2.41. The number of amides is 2. The highest BCUT2D eigenvalue weighted by molar-refractivity contribution is 5.88. The van der Waals surface area contributed by atoms with Gasteiger partial charge in [0.2, 0.25) is 0 Å². The summed E-state index contributed by atoms with van der Waals surface area (Å²) in [5.41, 5.74) is 9.69. The van der Waals surface area contributed by atoms with Gasteiger partial charge in [0, 0.05) is 38.5 Å². The summed E-state index contributed by atoms with van der Waals surface area (Å²) in [7, 11) is 0. The van der Waals surface area contributed by atoms with Crippen molar-refractivity contribution < 1.29 is 14.6 Å². The van der Waals surface area contributed by atoms with Crippen LogP contribution in [0.5, 0.6) is 0 Å². The lowest BCUT2D eigenvalue weighted by Gasteiger charge is -2.20. The molecule has 0 aromatic carbocycles. The van der Waals surface area contributed by atoms with E-state index < -0.39 is 0 Å². The van der Waals surface area contributed by atoms with E-state index in [1.54, 1.807) is 4.90 Å². The van der Waals surface area contributed by atoms with Crippen LogP contribution < -0.4 is 11.1 Å². The minimum atomic E-state index is -0.165. The number of pyridine rings is 1. The van der Waals surface area contributed by atoms with E-state index >= 15 is 0 Å². The number of hydrogen-bond acceptors (Lipinski definition) is 6. The van der Waals surface area contributed by atoms with Gasteiger partial charge in [0.25, 0.3) is 0 Å². The number of rotatable bonds is 10. The quantitative estimate of drug-likeness (QED) is 0.528.